The van der Waals surface area contributed by atoms with Crippen molar-refractivity contribution in [3.05, 3.63) is 83.9 Å². The van der Waals surface area contributed by atoms with Crippen molar-refractivity contribution in [2.75, 3.05) is 32.6 Å². The Balaban J connectivity index is 0.00000481. The fourth-order valence-corrected chi connectivity index (χ4v) is 3.91. The molecular weight excluding hydrogens is 516 g/mol. The Morgan fingerprint density at radius 2 is 1.62 bits per heavy atom. The smallest absolute Gasteiger partial charge is 0.268 e. The van der Waals surface area contributed by atoms with Crippen LogP contribution in [0, 0.1) is 0 Å². The number of nitrogens with one attached hydrogen (secondary N) is 2. The van der Waals surface area contributed by atoms with E-state index in [0.717, 1.165) is 29.4 Å². The number of amides is 1. The van der Waals surface area contributed by atoms with E-state index in [1.807, 2.05) is 66.2 Å². The van der Waals surface area contributed by atoms with E-state index >= 15 is 0 Å². The van der Waals surface area contributed by atoms with Crippen molar-refractivity contribution in [2.24, 2.45) is 0 Å². The lowest BCUT2D eigenvalue weighted by molar-refractivity contribution is 0.0977. The summed E-state index contributed by atoms with van der Waals surface area (Å²) in [6, 6.07) is 22.0. The van der Waals surface area contributed by atoms with E-state index in [-0.39, 0.29) is 18.0 Å². The molecule has 0 bridgehead atoms. The maximum absolute atomic E-state index is 12.4. The standard InChI is InChI=1S/C27H32N2O6S.ClH/c1-3-16-35-26-18-22(11-14-24(26)27(31)29-36(2,32)33)20-9-12-23(13-10-20)34-17-15-28-19-25(30)21-7-5-4-6-8-21;/h4-14,18,25,28,30H,3,15-17,19H2,1-2H3,(H,29,31);1H/t25-;/m1./s1. The van der Waals surface area contributed by atoms with Gasteiger partial charge in [-0.05, 0) is 47.4 Å². The van der Waals surface area contributed by atoms with Gasteiger partial charge in [0.15, 0.2) is 0 Å². The number of benzene rings is 3. The van der Waals surface area contributed by atoms with E-state index in [0.29, 0.717) is 37.8 Å². The number of carbonyl (C=O) groups excluding carboxylic acids is 1. The summed E-state index contributed by atoms with van der Waals surface area (Å²) >= 11 is 0. The zero-order chi connectivity index (χ0) is 26.0. The highest BCUT2D eigenvalue weighted by molar-refractivity contribution is 7.89. The molecule has 10 heteroatoms. The predicted molar refractivity (Wildman–Crippen MR) is 147 cm³/mol. The van der Waals surface area contributed by atoms with E-state index in [4.69, 9.17) is 9.47 Å². The first-order valence-electron chi connectivity index (χ1n) is 11.7. The Morgan fingerprint density at radius 3 is 2.27 bits per heavy atom. The van der Waals surface area contributed by atoms with Crippen molar-refractivity contribution in [1.29, 1.82) is 0 Å². The molecule has 0 aromatic heterocycles. The number of halogens is 1. The minimum absolute atomic E-state index is 0. The minimum atomic E-state index is -3.69. The van der Waals surface area contributed by atoms with Crippen LogP contribution in [-0.2, 0) is 10.0 Å². The average Bonchev–Trinajstić information content (AvgIpc) is 2.87. The van der Waals surface area contributed by atoms with Crippen LogP contribution >= 0.6 is 12.4 Å². The van der Waals surface area contributed by atoms with Crippen molar-refractivity contribution < 1.29 is 27.8 Å². The molecule has 0 aliphatic heterocycles. The molecule has 8 nitrogen and oxygen atoms in total. The predicted octanol–water partition coefficient (Wildman–Crippen LogP) is 3.96. The number of hydrogen-bond acceptors (Lipinski definition) is 7. The van der Waals surface area contributed by atoms with Crippen molar-refractivity contribution in [3.8, 4) is 22.6 Å². The molecule has 3 aromatic rings. The summed E-state index contributed by atoms with van der Waals surface area (Å²) < 4.78 is 36.4. The molecule has 0 saturated heterocycles. The molecule has 3 rings (SSSR count). The Morgan fingerprint density at radius 1 is 0.946 bits per heavy atom. The van der Waals surface area contributed by atoms with E-state index in [2.05, 4.69) is 5.32 Å². The molecule has 0 saturated carbocycles. The zero-order valence-electron chi connectivity index (χ0n) is 20.8. The Bertz CT molecular complexity index is 1240. The van der Waals surface area contributed by atoms with Crippen molar-refractivity contribution >= 4 is 28.3 Å². The maximum atomic E-state index is 12.4. The number of rotatable bonds is 13. The third kappa shape index (κ3) is 9.70. The number of ether oxygens (including phenoxy) is 2. The number of sulfonamides is 1. The van der Waals surface area contributed by atoms with Gasteiger partial charge in [-0.2, -0.15) is 0 Å². The first-order chi connectivity index (χ1) is 17.3. The minimum Gasteiger partial charge on any atom is -0.493 e. The molecule has 3 aromatic carbocycles. The van der Waals surface area contributed by atoms with E-state index < -0.39 is 22.0 Å². The Labute approximate surface area is 224 Å². The summed E-state index contributed by atoms with van der Waals surface area (Å²) in [7, 11) is -3.69. The van der Waals surface area contributed by atoms with Gasteiger partial charge in [0.25, 0.3) is 5.91 Å². The van der Waals surface area contributed by atoms with Crippen molar-refractivity contribution in [3.63, 3.8) is 0 Å². The molecule has 1 amide bonds. The highest BCUT2D eigenvalue weighted by atomic mass is 35.5. The summed E-state index contributed by atoms with van der Waals surface area (Å²) in [5.74, 6) is 0.291. The molecule has 0 unspecified atom stereocenters. The van der Waals surface area contributed by atoms with Gasteiger partial charge in [0, 0.05) is 13.1 Å². The molecule has 200 valence electrons. The van der Waals surface area contributed by atoms with Gasteiger partial charge in [0.05, 0.1) is 24.5 Å². The number of hydrogen-bond donors (Lipinski definition) is 3. The van der Waals surface area contributed by atoms with Gasteiger partial charge in [0.1, 0.15) is 18.1 Å². The lowest BCUT2D eigenvalue weighted by Crippen LogP contribution is -2.29. The van der Waals surface area contributed by atoms with Crippen LogP contribution in [0.2, 0.25) is 0 Å². The van der Waals surface area contributed by atoms with Crippen LogP contribution in [0.15, 0.2) is 72.8 Å². The van der Waals surface area contributed by atoms with Crippen LogP contribution in [0.4, 0.5) is 0 Å². The van der Waals surface area contributed by atoms with Crippen LogP contribution in [0.1, 0.15) is 35.4 Å². The SMILES string of the molecule is CCCOc1cc(-c2ccc(OCCNC[C@@H](O)c3ccccc3)cc2)ccc1C(=O)NS(C)(=O)=O.Cl. The topological polar surface area (TPSA) is 114 Å². The van der Waals surface area contributed by atoms with Crippen LogP contribution in [0.25, 0.3) is 11.1 Å². The fraction of sp³-hybridized carbons (Fsp3) is 0.296. The Kier molecular flexibility index (Phi) is 11.9. The van der Waals surface area contributed by atoms with Crippen molar-refractivity contribution in [1.82, 2.24) is 10.0 Å². The van der Waals surface area contributed by atoms with Gasteiger partial charge >= 0.3 is 0 Å². The summed E-state index contributed by atoms with van der Waals surface area (Å²) in [5.41, 5.74) is 2.74. The van der Waals surface area contributed by atoms with Gasteiger partial charge in [-0.25, -0.2) is 13.1 Å². The number of aliphatic hydroxyl groups excluding tert-OH is 1. The third-order valence-corrected chi connectivity index (χ3v) is 5.78. The van der Waals surface area contributed by atoms with Gasteiger partial charge in [-0.15, -0.1) is 12.4 Å². The van der Waals surface area contributed by atoms with Crippen LogP contribution in [0.5, 0.6) is 11.5 Å². The average molecular weight is 549 g/mol. The molecule has 0 aliphatic carbocycles. The quantitative estimate of drug-likeness (QED) is 0.277. The molecular formula is C27H33ClN2O6S. The fourth-order valence-electron chi connectivity index (χ4n) is 3.46. The molecule has 0 radical (unpaired) electrons. The summed E-state index contributed by atoms with van der Waals surface area (Å²) in [6.07, 6.45) is 1.10. The molecule has 0 aliphatic rings. The van der Waals surface area contributed by atoms with E-state index in [9.17, 15) is 18.3 Å². The molecule has 3 N–H and O–H groups in total. The molecule has 0 fully saturated rings. The van der Waals surface area contributed by atoms with E-state index in [1.54, 1.807) is 18.2 Å². The summed E-state index contributed by atoms with van der Waals surface area (Å²) in [5, 5.41) is 13.4. The number of aliphatic hydroxyl groups is 1. The number of carbonyl (C=O) groups is 1. The monoisotopic (exact) mass is 548 g/mol. The highest BCUT2D eigenvalue weighted by Gasteiger charge is 2.17. The normalized spacial score (nSPS) is 11.8. The second-order valence-corrected chi connectivity index (χ2v) is 10.0. The molecule has 1 atom stereocenters. The summed E-state index contributed by atoms with van der Waals surface area (Å²) in [4.78, 5) is 12.4. The van der Waals surface area contributed by atoms with E-state index in [1.165, 1.54) is 0 Å². The maximum Gasteiger partial charge on any atom is 0.268 e. The lowest BCUT2D eigenvalue weighted by atomic mass is 10.0. The van der Waals surface area contributed by atoms with Crippen LogP contribution < -0.4 is 19.5 Å². The third-order valence-electron chi connectivity index (χ3n) is 5.22. The molecule has 0 spiro atoms. The first-order valence-corrected chi connectivity index (χ1v) is 13.6. The van der Waals surface area contributed by atoms with Gasteiger partial charge in [-0.1, -0.05) is 55.5 Å². The summed E-state index contributed by atoms with van der Waals surface area (Å²) in [6.45, 7) is 3.80. The van der Waals surface area contributed by atoms with Gasteiger partial charge in [0.2, 0.25) is 10.0 Å². The Hall–Kier alpha value is -3.11. The molecule has 0 heterocycles. The largest absolute Gasteiger partial charge is 0.493 e. The first kappa shape index (κ1) is 30.1. The van der Waals surface area contributed by atoms with Crippen molar-refractivity contribution in [2.45, 2.75) is 19.4 Å². The van der Waals surface area contributed by atoms with Crippen LogP contribution in [-0.4, -0.2) is 52.0 Å². The van der Waals surface area contributed by atoms with Gasteiger partial charge < -0.3 is 19.9 Å². The second-order valence-electron chi connectivity index (χ2n) is 8.27. The second kappa shape index (κ2) is 14.6. The zero-order valence-corrected chi connectivity index (χ0v) is 22.5. The highest BCUT2D eigenvalue weighted by Crippen LogP contribution is 2.29. The van der Waals surface area contributed by atoms with Gasteiger partial charge in [-0.3, -0.25) is 4.79 Å². The van der Waals surface area contributed by atoms with Crippen LogP contribution in [0.3, 0.4) is 0 Å². The lowest BCUT2D eigenvalue weighted by Gasteiger charge is -2.14. The molecule has 37 heavy (non-hydrogen) atoms.